The number of nitrogens with zero attached hydrogens (tertiary/aromatic N) is 1. The highest BCUT2D eigenvalue weighted by Gasteiger charge is 2.49. The minimum absolute atomic E-state index is 0.0317. The highest BCUT2D eigenvalue weighted by molar-refractivity contribution is 7.48. The van der Waals surface area contributed by atoms with Gasteiger partial charge in [-0.1, -0.05) is 29.8 Å². The molecule has 1 amide bonds. The van der Waals surface area contributed by atoms with Crippen molar-refractivity contribution in [3.63, 3.8) is 0 Å². The Morgan fingerprint density at radius 1 is 1.31 bits per heavy atom. The third-order valence-corrected chi connectivity index (χ3v) is 6.49. The first kappa shape index (κ1) is 20.4. The maximum absolute atomic E-state index is 13.6. The highest BCUT2D eigenvalue weighted by atomic mass is 31.2. The van der Waals surface area contributed by atoms with E-state index in [9.17, 15) is 18.5 Å². The Morgan fingerprint density at radius 2 is 2.14 bits per heavy atom. The number of phosphoric ester groups is 1. The van der Waals surface area contributed by atoms with Gasteiger partial charge in [0.15, 0.2) is 5.83 Å². The first-order valence-corrected chi connectivity index (χ1v) is 10.8. The fraction of sp³-hybridized carbons (Fsp3) is 0.474. The molecular formula is C19H21FNO7P. The molecule has 0 radical (unpaired) electrons. The van der Waals surface area contributed by atoms with Crippen LogP contribution in [0, 0.1) is 6.92 Å². The number of hydrogen-bond donors (Lipinski definition) is 0. The van der Waals surface area contributed by atoms with Crippen molar-refractivity contribution in [2.75, 3.05) is 13.2 Å². The number of ketones is 1. The number of benzene rings is 1. The summed E-state index contributed by atoms with van der Waals surface area (Å²) >= 11 is 0. The van der Waals surface area contributed by atoms with Crippen molar-refractivity contribution < 1.29 is 36.9 Å². The Labute approximate surface area is 167 Å². The Hall–Kier alpha value is -1.90. The van der Waals surface area contributed by atoms with E-state index in [0.29, 0.717) is 6.42 Å². The topological polar surface area (TPSA) is 91.4 Å². The predicted molar refractivity (Wildman–Crippen MR) is 98.2 cm³/mol. The summed E-state index contributed by atoms with van der Waals surface area (Å²) in [7, 11) is -3.76. The van der Waals surface area contributed by atoms with Gasteiger partial charge in [0.1, 0.15) is 18.4 Å². The van der Waals surface area contributed by atoms with Crippen LogP contribution in [0.5, 0.6) is 0 Å². The summed E-state index contributed by atoms with van der Waals surface area (Å²) in [4.78, 5) is 24.4. The van der Waals surface area contributed by atoms with E-state index < -0.39 is 50.2 Å². The number of ether oxygens (including phenoxy) is 1. The lowest BCUT2D eigenvalue weighted by molar-refractivity contribution is -0.146. The van der Waals surface area contributed by atoms with Crippen molar-refractivity contribution in [3.8, 4) is 0 Å². The van der Waals surface area contributed by atoms with Crippen LogP contribution in [-0.2, 0) is 38.9 Å². The monoisotopic (exact) mass is 425 g/mol. The molecule has 1 unspecified atom stereocenters. The molecule has 10 heteroatoms. The van der Waals surface area contributed by atoms with E-state index in [-0.39, 0.29) is 19.6 Å². The summed E-state index contributed by atoms with van der Waals surface area (Å²) in [6.07, 6.45) is -0.997. The number of rotatable bonds is 5. The summed E-state index contributed by atoms with van der Waals surface area (Å²) in [6, 6.07) is 7.89. The van der Waals surface area contributed by atoms with Crippen molar-refractivity contribution in [1.29, 1.82) is 0 Å². The summed E-state index contributed by atoms with van der Waals surface area (Å²) < 4.78 is 48.3. The number of carbonyl (C=O) groups is 2. The molecule has 3 heterocycles. The Morgan fingerprint density at radius 3 is 2.93 bits per heavy atom. The summed E-state index contributed by atoms with van der Waals surface area (Å²) in [5, 5.41) is 0. The molecule has 3 aliphatic heterocycles. The Balaban J connectivity index is 1.34. The van der Waals surface area contributed by atoms with Crippen molar-refractivity contribution in [2.24, 2.45) is 0 Å². The van der Waals surface area contributed by atoms with Crippen LogP contribution < -0.4 is 0 Å². The number of halogens is 1. The number of carbonyl (C=O) groups excluding carboxylic acids is 2. The van der Waals surface area contributed by atoms with Crippen LogP contribution in [-0.4, -0.2) is 48.2 Å². The Kier molecular flexibility index (Phi) is 5.68. The zero-order chi connectivity index (χ0) is 20.6. The third-order valence-electron chi connectivity index (χ3n) is 4.99. The molecule has 156 valence electrons. The van der Waals surface area contributed by atoms with E-state index in [2.05, 4.69) is 0 Å². The standard InChI is InChI=1S/C19H21FNO7P/c1-12-3-2-4-13(7-12)5-6-25-29(24)26-11-17-16(28-29)9-19(27-17)21-10-14(20)15(22)8-18(21)23/h2-4,7,10,16-17,19H,5-6,8-9,11H2,1H3/t16-,17+,19+,29?/m0/s1. The largest absolute Gasteiger partial charge is 0.475 e. The minimum atomic E-state index is -3.76. The molecule has 0 N–H and O–H groups in total. The van der Waals surface area contributed by atoms with Gasteiger partial charge in [-0.25, -0.2) is 8.96 Å². The van der Waals surface area contributed by atoms with Crippen molar-refractivity contribution >= 4 is 19.5 Å². The molecule has 29 heavy (non-hydrogen) atoms. The van der Waals surface area contributed by atoms with E-state index in [0.717, 1.165) is 22.2 Å². The lowest BCUT2D eigenvalue weighted by atomic mass is 10.1. The number of hydrogen-bond acceptors (Lipinski definition) is 7. The van der Waals surface area contributed by atoms with Gasteiger partial charge in [0, 0.05) is 12.6 Å². The SMILES string of the molecule is Cc1cccc(CCOP2(=O)OC[C@H]3O[C@@H](N4C=C(F)C(=O)CC4=O)C[C@@H]3O2)c1. The first-order valence-electron chi connectivity index (χ1n) is 9.33. The molecule has 4 rings (SSSR count). The zero-order valence-electron chi connectivity index (χ0n) is 15.8. The van der Waals surface area contributed by atoms with Gasteiger partial charge in [-0.05, 0) is 18.9 Å². The number of aryl methyl sites for hydroxylation is 1. The molecule has 1 aromatic rings. The van der Waals surface area contributed by atoms with Gasteiger partial charge in [-0.3, -0.25) is 28.1 Å². The van der Waals surface area contributed by atoms with Crippen molar-refractivity contribution in [1.82, 2.24) is 4.90 Å². The molecule has 0 bridgehead atoms. The van der Waals surface area contributed by atoms with E-state index in [1.54, 1.807) is 0 Å². The molecule has 0 aliphatic carbocycles. The van der Waals surface area contributed by atoms with E-state index in [1.807, 2.05) is 31.2 Å². The lowest BCUT2D eigenvalue weighted by Gasteiger charge is -2.30. The number of phosphoric acid groups is 1. The van der Waals surface area contributed by atoms with Crippen LogP contribution in [0.4, 0.5) is 4.39 Å². The maximum atomic E-state index is 13.6. The second-order valence-electron chi connectivity index (χ2n) is 7.20. The highest BCUT2D eigenvalue weighted by Crippen LogP contribution is 2.56. The first-order chi connectivity index (χ1) is 13.8. The van der Waals surface area contributed by atoms with Crippen LogP contribution >= 0.6 is 7.82 Å². The van der Waals surface area contributed by atoms with Crippen molar-refractivity contribution in [3.05, 3.63) is 47.4 Å². The number of fused-ring (bicyclic) bond motifs is 1. The third kappa shape index (κ3) is 4.49. The lowest BCUT2D eigenvalue weighted by Crippen LogP contribution is -2.40. The van der Waals surface area contributed by atoms with Gasteiger partial charge >= 0.3 is 7.82 Å². The molecule has 2 fully saturated rings. The van der Waals surface area contributed by atoms with E-state index in [4.69, 9.17) is 18.3 Å². The van der Waals surface area contributed by atoms with Crippen LogP contribution in [0.25, 0.3) is 0 Å². The van der Waals surface area contributed by atoms with E-state index in [1.165, 1.54) is 0 Å². The van der Waals surface area contributed by atoms with E-state index >= 15 is 0 Å². The number of amides is 1. The molecular weight excluding hydrogens is 404 g/mol. The predicted octanol–water partition coefficient (Wildman–Crippen LogP) is 2.80. The Bertz CT molecular complexity index is 904. The summed E-state index contributed by atoms with van der Waals surface area (Å²) in [5.74, 6) is -2.41. The molecule has 0 spiro atoms. The summed E-state index contributed by atoms with van der Waals surface area (Å²) in [6.45, 7) is 2.11. The molecule has 0 saturated carbocycles. The molecule has 1 aromatic carbocycles. The average Bonchev–Trinajstić information content (AvgIpc) is 3.07. The van der Waals surface area contributed by atoms with Crippen LogP contribution in [0.1, 0.15) is 24.0 Å². The molecule has 8 nitrogen and oxygen atoms in total. The van der Waals surface area contributed by atoms with Crippen LogP contribution in [0.2, 0.25) is 0 Å². The van der Waals surface area contributed by atoms with Gasteiger partial charge in [0.05, 0.1) is 19.6 Å². The second-order valence-corrected chi connectivity index (χ2v) is 8.82. The second kappa shape index (κ2) is 8.08. The molecule has 0 aromatic heterocycles. The maximum Gasteiger partial charge on any atom is 0.475 e. The molecule has 3 aliphatic rings. The van der Waals surface area contributed by atoms with Gasteiger partial charge in [0.2, 0.25) is 11.7 Å². The smallest absolute Gasteiger partial charge is 0.349 e. The average molecular weight is 425 g/mol. The van der Waals surface area contributed by atoms with Gasteiger partial charge in [-0.2, -0.15) is 0 Å². The quantitative estimate of drug-likeness (QED) is 0.529. The number of allylic oxidation sites excluding steroid dienone is 1. The number of Topliss-reactive ketones (excluding diaryl/α,β-unsaturated/α-hetero) is 1. The molecule has 2 saturated heterocycles. The van der Waals surface area contributed by atoms with Crippen LogP contribution in [0.3, 0.4) is 0 Å². The van der Waals surface area contributed by atoms with Crippen molar-refractivity contribution in [2.45, 2.75) is 44.6 Å². The fourth-order valence-electron chi connectivity index (χ4n) is 3.53. The zero-order valence-corrected chi connectivity index (χ0v) is 16.7. The van der Waals surface area contributed by atoms with Gasteiger partial charge < -0.3 is 4.74 Å². The minimum Gasteiger partial charge on any atom is -0.349 e. The van der Waals surface area contributed by atoms with Gasteiger partial charge in [-0.15, -0.1) is 0 Å². The normalized spacial score (nSPS) is 32.3. The summed E-state index contributed by atoms with van der Waals surface area (Å²) in [5.41, 5.74) is 2.17. The fourth-order valence-corrected chi connectivity index (χ4v) is 4.92. The van der Waals surface area contributed by atoms with Crippen LogP contribution in [0.15, 0.2) is 36.3 Å². The van der Waals surface area contributed by atoms with Gasteiger partial charge in [0.25, 0.3) is 0 Å². The molecule has 4 atom stereocenters.